The standard InChI is InChI=1S/C21H23N3O/c1-21(2)12-19(18-10-6-7-11-20(18)25-21)23-17-13-22-24(15-17)14-16-8-4-3-5-9-16/h3-11,13,15,19,23H,12,14H2,1-2H3. The van der Waals surface area contributed by atoms with Gasteiger partial charge in [-0.25, -0.2) is 0 Å². The first-order valence-corrected chi connectivity index (χ1v) is 8.70. The van der Waals surface area contributed by atoms with Gasteiger partial charge in [0.05, 0.1) is 24.5 Å². The maximum atomic E-state index is 6.11. The van der Waals surface area contributed by atoms with Crippen molar-refractivity contribution in [3.63, 3.8) is 0 Å². The van der Waals surface area contributed by atoms with Crippen LogP contribution in [0.15, 0.2) is 67.0 Å². The summed E-state index contributed by atoms with van der Waals surface area (Å²) >= 11 is 0. The van der Waals surface area contributed by atoms with E-state index in [-0.39, 0.29) is 11.6 Å². The van der Waals surface area contributed by atoms with Crippen molar-refractivity contribution in [2.24, 2.45) is 0 Å². The average Bonchev–Trinajstić information content (AvgIpc) is 3.02. The Morgan fingerprint density at radius 1 is 1.12 bits per heavy atom. The molecular formula is C21H23N3O. The minimum atomic E-state index is -0.188. The minimum Gasteiger partial charge on any atom is -0.487 e. The van der Waals surface area contributed by atoms with E-state index in [0.717, 1.165) is 24.4 Å². The molecule has 1 unspecified atom stereocenters. The second-order valence-electron chi connectivity index (χ2n) is 7.21. The van der Waals surface area contributed by atoms with Crippen molar-refractivity contribution in [2.75, 3.05) is 5.32 Å². The van der Waals surface area contributed by atoms with E-state index in [2.05, 4.69) is 66.9 Å². The Hall–Kier alpha value is -2.75. The number of benzene rings is 2. The molecule has 1 aliphatic heterocycles. The van der Waals surface area contributed by atoms with Gasteiger partial charge in [-0.1, -0.05) is 48.5 Å². The van der Waals surface area contributed by atoms with Gasteiger partial charge >= 0.3 is 0 Å². The number of ether oxygens (including phenoxy) is 1. The zero-order valence-corrected chi connectivity index (χ0v) is 14.6. The van der Waals surface area contributed by atoms with Gasteiger partial charge in [0.15, 0.2) is 0 Å². The third-order valence-electron chi connectivity index (χ3n) is 4.54. The number of nitrogens with zero attached hydrogens (tertiary/aromatic N) is 2. The highest BCUT2D eigenvalue weighted by Crippen LogP contribution is 2.40. The van der Waals surface area contributed by atoms with Crippen LogP contribution in [0.25, 0.3) is 0 Å². The summed E-state index contributed by atoms with van der Waals surface area (Å²) in [6.07, 6.45) is 4.87. The Bertz CT molecular complexity index is 854. The van der Waals surface area contributed by atoms with Crippen molar-refractivity contribution >= 4 is 5.69 Å². The van der Waals surface area contributed by atoms with Gasteiger partial charge in [0.25, 0.3) is 0 Å². The number of fused-ring (bicyclic) bond motifs is 1. The quantitative estimate of drug-likeness (QED) is 0.755. The molecule has 2 aromatic carbocycles. The van der Waals surface area contributed by atoms with Gasteiger partial charge in [-0.2, -0.15) is 5.10 Å². The smallest absolute Gasteiger partial charge is 0.125 e. The summed E-state index contributed by atoms with van der Waals surface area (Å²) < 4.78 is 8.08. The van der Waals surface area contributed by atoms with Crippen LogP contribution >= 0.6 is 0 Å². The van der Waals surface area contributed by atoms with Gasteiger partial charge in [0.1, 0.15) is 11.4 Å². The third kappa shape index (κ3) is 3.53. The molecule has 4 rings (SSSR count). The van der Waals surface area contributed by atoms with Gasteiger partial charge in [0, 0.05) is 18.2 Å². The Kier molecular flexibility index (Phi) is 3.96. The van der Waals surface area contributed by atoms with Crippen LogP contribution in [0.3, 0.4) is 0 Å². The third-order valence-corrected chi connectivity index (χ3v) is 4.54. The van der Waals surface area contributed by atoms with Gasteiger partial charge < -0.3 is 10.1 Å². The lowest BCUT2D eigenvalue weighted by Crippen LogP contribution is -2.37. The van der Waals surface area contributed by atoms with Crippen molar-refractivity contribution in [3.05, 3.63) is 78.1 Å². The molecule has 0 fully saturated rings. The van der Waals surface area contributed by atoms with Crippen LogP contribution in [0.1, 0.15) is 37.4 Å². The van der Waals surface area contributed by atoms with Crippen LogP contribution in [0.5, 0.6) is 5.75 Å². The molecule has 0 saturated carbocycles. The second-order valence-corrected chi connectivity index (χ2v) is 7.21. The van der Waals surface area contributed by atoms with Crippen LogP contribution < -0.4 is 10.1 Å². The first kappa shape index (κ1) is 15.8. The zero-order valence-electron chi connectivity index (χ0n) is 14.6. The summed E-state index contributed by atoms with van der Waals surface area (Å²) in [5.41, 5.74) is 3.30. The molecule has 0 radical (unpaired) electrons. The predicted octanol–water partition coefficient (Wildman–Crippen LogP) is 4.65. The van der Waals surface area contributed by atoms with Crippen molar-refractivity contribution in [1.29, 1.82) is 0 Å². The molecule has 4 heteroatoms. The monoisotopic (exact) mass is 333 g/mol. The number of para-hydroxylation sites is 1. The van der Waals surface area contributed by atoms with Crippen LogP contribution in [-0.4, -0.2) is 15.4 Å². The molecular weight excluding hydrogens is 310 g/mol. The van der Waals surface area contributed by atoms with Gasteiger partial charge in [-0.15, -0.1) is 0 Å². The van der Waals surface area contributed by atoms with E-state index in [1.54, 1.807) is 0 Å². The summed E-state index contributed by atoms with van der Waals surface area (Å²) in [5.74, 6) is 0.966. The van der Waals surface area contributed by atoms with Gasteiger partial charge in [-0.3, -0.25) is 4.68 Å². The molecule has 1 aliphatic rings. The van der Waals surface area contributed by atoms with Crippen LogP contribution in [0.4, 0.5) is 5.69 Å². The van der Waals surface area contributed by atoms with Crippen molar-refractivity contribution in [1.82, 2.24) is 9.78 Å². The molecule has 0 saturated heterocycles. The average molecular weight is 333 g/mol. The molecule has 1 atom stereocenters. The highest BCUT2D eigenvalue weighted by molar-refractivity contribution is 5.47. The van der Waals surface area contributed by atoms with E-state index >= 15 is 0 Å². The topological polar surface area (TPSA) is 39.1 Å². The fourth-order valence-corrected chi connectivity index (χ4v) is 3.43. The summed E-state index contributed by atoms with van der Waals surface area (Å²) in [5, 5.41) is 8.13. The highest BCUT2D eigenvalue weighted by atomic mass is 16.5. The van der Waals surface area contributed by atoms with Gasteiger partial charge in [-0.05, 0) is 25.5 Å². The molecule has 0 spiro atoms. The normalized spacial score (nSPS) is 18.2. The lowest BCUT2D eigenvalue weighted by atomic mass is 9.89. The largest absolute Gasteiger partial charge is 0.487 e. The molecule has 25 heavy (non-hydrogen) atoms. The lowest BCUT2D eigenvalue weighted by Gasteiger charge is -2.38. The molecule has 128 valence electrons. The lowest BCUT2D eigenvalue weighted by molar-refractivity contribution is 0.0759. The van der Waals surface area contributed by atoms with Gasteiger partial charge in [0.2, 0.25) is 0 Å². The molecule has 0 aliphatic carbocycles. The highest BCUT2D eigenvalue weighted by Gasteiger charge is 2.33. The second kappa shape index (κ2) is 6.28. The zero-order chi connectivity index (χ0) is 17.3. The SMILES string of the molecule is CC1(C)CC(Nc2cnn(Cc3ccccc3)c2)c2ccccc2O1. The maximum absolute atomic E-state index is 6.11. The first-order chi connectivity index (χ1) is 12.1. The fourth-order valence-electron chi connectivity index (χ4n) is 3.43. The predicted molar refractivity (Wildman–Crippen MR) is 99.9 cm³/mol. The fraction of sp³-hybridized carbons (Fsp3) is 0.286. The van der Waals surface area contributed by atoms with E-state index in [4.69, 9.17) is 4.74 Å². The van der Waals surface area contributed by atoms with Crippen LogP contribution in [-0.2, 0) is 6.54 Å². The molecule has 4 nitrogen and oxygen atoms in total. The Labute approximate surface area is 148 Å². The molecule has 3 aromatic rings. The van der Waals surface area contributed by atoms with Crippen molar-refractivity contribution in [3.8, 4) is 5.75 Å². The molecule has 1 aromatic heterocycles. The Morgan fingerprint density at radius 3 is 2.72 bits per heavy atom. The summed E-state index contributed by atoms with van der Waals surface area (Å²) in [4.78, 5) is 0. The molecule has 0 amide bonds. The number of aromatic nitrogens is 2. The number of hydrogen-bond donors (Lipinski definition) is 1. The minimum absolute atomic E-state index is 0.188. The summed E-state index contributed by atoms with van der Waals surface area (Å²) in [6.45, 7) is 5.05. The molecule has 2 heterocycles. The van der Waals surface area contributed by atoms with E-state index in [9.17, 15) is 0 Å². The van der Waals surface area contributed by atoms with Crippen LogP contribution in [0.2, 0.25) is 0 Å². The first-order valence-electron chi connectivity index (χ1n) is 8.70. The number of nitrogens with one attached hydrogen (secondary N) is 1. The Morgan fingerprint density at radius 2 is 1.88 bits per heavy atom. The van der Waals surface area contributed by atoms with E-state index < -0.39 is 0 Å². The van der Waals surface area contributed by atoms with E-state index in [1.807, 2.05) is 29.1 Å². The number of hydrogen-bond acceptors (Lipinski definition) is 3. The number of anilines is 1. The van der Waals surface area contributed by atoms with E-state index in [0.29, 0.717) is 0 Å². The maximum Gasteiger partial charge on any atom is 0.125 e. The molecule has 1 N–H and O–H groups in total. The van der Waals surface area contributed by atoms with Crippen molar-refractivity contribution < 1.29 is 4.74 Å². The summed E-state index contributed by atoms with van der Waals surface area (Å²) in [6, 6.07) is 18.9. The summed E-state index contributed by atoms with van der Waals surface area (Å²) in [7, 11) is 0. The van der Waals surface area contributed by atoms with Crippen molar-refractivity contribution in [2.45, 2.75) is 38.5 Å². The number of rotatable bonds is 4. The molecule has 0 bridgehead atoms. The van der Waals surface area contributed by atoms with Crippen LogP contribution in [0, 0.1) is 0 Å². The van der Waals surface area contributed by atoms with E-state index in [1.165, 1.54) is 11.1 Å². The Balaban J connectivity index is 1.53.